The van der Waals surface area contributed by atoms with Gasteiger partial charge in [-0.1, -0.05) is 129 Å². The van der Waals surface area contributed by atoms with Crippen LogP contribution < -0.4 is 5.84 Å². The summed E-state index contributed by atoms with van der Waals surface area (Å²) in [5, 5.41) is 17.5. The zero-order valence-corrected chi connectivity index (χ0v) is 28.5. The highest BCUT2D eigenvalue weighted by Crippen LogP contribution is 2.53. The molecule has 2 N–H and O–H groups in total. The molecule has 3 nitrogen and oxygen atoms in total. The molecule has 1 aliphatic rings. The zero-order chi connectivity index (χ0) is 33.3. The SMILES string of the molecule is CC1(C)c2cccc3c4ccccc4c4cccc5c4c4c(c1ccc4n5-c1ccccc1/C(=N\N)c1cccc4c1sc1ccccc14)c23. The van der Waals surface area contributed by atoms with E-state index in [4.69, 9.17) is 5.84 Å². The van der Waals surface area contributed by atoms with Crippen molar-refractivity contribution in [1.29, 1.82) is 0 Å². The lowest BCUT2D eigenvalue weighted by Gasteiger charge is -2.22. The van der Waals surface area contributed by atoms with Gasteiger partial charge in [0, 0.05) is 47.5 Å². The Morgan fingerprint density at radius 2 is 1.12 bits per heavy atom. The molecule has 0 amide bonds. The summed E-state index contributed by atoms with van der Waals surface area (Å²) in [5.74, 6) is 6.42. The molecule has 0 unspecified atom stereocenters. The van der Waals surface area contributed by atoms with Crippen molar-refractivity contribution < 1.29 is 0 Å². The fourth-order valence-corrected chi connectivity index (χ4v) is 10.4. The molecule has 8 aromatic carbocycles. The van der Waals surface area contributed by atoms with Crippen LogP contribution in [0.4, 0.5) is 0 Å². The molecule has 0 spiro atoms. The van der Waals surface area contributed by atoms with E-state index < -0.39 is 0 Å². The second-order valence-electron chi connectivity index (χ2n) is 14.1. The van der Waals surface area contributed by atoms with Crippen molar-refractivity contribution >= 4 is 91.3 Å². The first-order valence-electron chi connectivity index (χ1n) is 17.2. The van der Waals surface area contributed by atoms with Gasteiger partial charge in [-0.3, -0.25) is 0 Å². The first-order valence-corrected chi connectivity index (χ1v) is 18.0. The average Bonchev–Trinajstić information content (AvgIpc) is 3.78. The van der Waals surface area contributed by atoms with Crippen molar-refractivity contribution in [3.63, 3.8) is 0 Å². The second-order valence-corrected chi connectivity index (χ2v) is 15.1. The van der Waals surface area contributed by atoms with E-state index in [1.54, 1.807) is 11.3 Å². The number of hydrazone groups is 1. The Labute approximate surface area is 292 Å². The highest BCUT2D eigenvalue weighted by atomic mass is 32.1. The van der Waals surface area contributed by atoms with Gasteiger partial charge in [-0.15, -0.1) is 11.3 Å². The van der Waals surface area contributed by atoms with Crippen molar-refractivity contribution in [3.8, 4) is 5.69 Å². The summed E-state index contributed by atoms with van der Waals surface area (Å²) >= 11 is 1.80. The third kappa shape index (κ3) is 3.41. The molecule has 0 aliphatic heterocycles. The van der Waals surface area contributed by atoms with E-state index in [2.05, 4.69) is 163 Å². The van der Waals surface area contributed by atoms with E-state index in [-0.39, 0.29) is 5.41 Å². The lowest BCUT2D eigenvalue weighted by Crippen LogP contribution is -2.15. The summed E-state index contributed by atoms with van der Waals surface area (Å²) in [6, 6.07) is 51.1. The number of nitrogens with two attached hydrogens (primary N) is 1. The highest BCUT2D eigenvalue weighted by Gasteiger charge is 2.35. The number of fused-ring (bicyclic) bond motifs is 6. The summed E-state index contributed by atoms with van der Waals surface area (Å²) in [7, 11) is 0. The van der Waals surface area contributed by atoms with E-state index in [1.165, 1.54) is 85.4 Å². The van der Waals surface area contributed by atoms with Gasteiger partial charge in [0.05, 0.1) is 16.7 Å². The van der Waals surface area contributed by atoms with Crippen LogP contribution in [-0.4, -0.2) is 10.3 Å². The zero-order valence-electron chi connectivity index (χ0n) is 27.7. The Balaban J connectivity index is 1.31. The lowest BCUT2D eigenvalue weighted by molar-refractivity contribution is 0.663. The van der Waals surface area contributed by atoms with Crippen molar-refractivity contribution in [2.24, 2.45) is 10.9 Å². The maximum atomic E-state index is 6.42. The summed E-state index contributed by atoms with van der Waals surface area (Å²) in [5.41, 5.74) is 8.91. The van der Waals surface area contributed by atoms with Gasteiger partial charge >= 0.3 is 0 Å². The van der Waals surface area contributed by atoms with E-state index in [0.29, 0.717) is 0 Å². The number of hydrogen-bond donors (Lipinski definition) is 1. The lowest BCUT2D eigenvalue weighted by atomic mass is 9.81. The third-order valence-corrected chi connectivity index (χ3v) is 12.5. The van der Waals surface area contributed by atoms with Crippen LogP contribution in [-0.2, 0) is 5.41 Å². The van der Waals surface area contributed by atoms with Gasteiger partial charge in [0.2, 0.25) is 0 Å². The van der Waals surface area contributed by atoms with Crippen LogP contribution in [0.1, 0.15) is 36.1 Å². The molecular formula is C46H31N3S. The maximum absolute atomic E-state index is 6.42. The molecule has 10 aromatic rings. The van der Waals surface area contributed by atoms with Crippen LogP contribution in [0.2, 0.25) is 0 Å². The van der Waals surface area contributed by atoms with E-state index in [0.717, 1.165) is 22.5 Å². The predicted octanol–water partition coefficient (Wildman–Crippen LogP) is 12.0. The van der Waals surface area contributed by atoms with Gasteiger partial charge in [-0.05, 0) is 67.7 Å². The topological polar surface area (TPSA) is 43.3 Å². The van der Waals surface area contributed by atoms with Gasteiger partial charge in [0.15, 0.2) is 0 Å². The van der Waals surface area contributed by atoms with Gasteiger partial charge < -0.3 is 10.4 Å². The average molecular weight is 658 g/mol. The first kappa shape index (κ1) is 27.9. The van der Waals surface area contributed by atoms with Gasteiger partial charge in [-0.25, -0.2) is 0 Å². The molecule has 0 saturated carbocycles. The number of para-hydroxylation sites is 1. The van der Waals surface area contributed by atoms with Crippen LogP contribution in [0.3, 0.4) is 0 Å². The van der Waals surface area contributed by atoms with Crippen LogP contribution in [0, 0.1) is 0 Å². The standard InChI is InChI=1S/C46H31N3S/c1-46(2)34-20-10-16-29-26-12-3-4-13-27(26)30-17-11-22-37-41(30)43-38(25-24-35(46)42(43)40(29)34)49(37)36-21-7-5-15-32(36)44(48-47)33-19-9-18-31-28-14-6-8-23-39(28)50-45(31)33/h3-25H,47H2,1-2H3/b29-26?,30-27?,48-44+. The minimum atomic E-state index is -0.127. The second kappa shape index (κ2) is 9.81. The monoisotopic (exact) mass is 657 g/mol. The molecular weight excluding hydrogens is 627 g/mol. The molecule has 11 rings (SSSR count). The fourth-order valence-electron chi connectivity index (χ4n) is 9.17. The van der Waals surface area contributed by atoms with Gasteiger partial charge in [0.1, 0.15) is 5.71 Å². The minimum absolute atomic E-state index is 0.127. The molecule has 2 aromatic heterocycles. The Morgan fingerprint density at radius 3 is 1.94 bits per heavy atom. The fraction of sp³-hybridized carbons (Fsp3) is 0.0652. The summed E-state index contributed by atoms with van der Waals surface area (Å²) in [6.07, 6.45) is 0. The predicted molar refractivity (Wildman–Crippen MR) is 215 cm³/mol. The van der Waals surface area contributed by atoms with Crippen molar-refractivity contribution in [1.82, 2.24) is 4.57 Å². The van der Waals surface area contributed by atoms with E-state index in [1.807, 2.05) is 0 Å². The van der Waals surface area contributed by atoms with E-state index >= 15 is 0 Å². The molecule has 0 atom stereocenters. The normalized spacial score (nSPS) is 14.2. The van der Waals surface area contributed by atoms with Crippen molar-refractivity contribution in [3.05, 3.63) is 162 Å². The van der Waals surface area contributed by atoms with Crippen LogP contribution in [0.25, 0.3) is 80.0 Å². The van der Waals surface area contributed by atoms with Gasteiger partial charge in [-0.2, -0.15) is 5.10 Å². The Morgan fingerprint density at radius 1 is 0.520 bits per heavy atom. The number of hydrogen-bond acceptors (Lipinski definition) is 3. The molecule has 2 heterocycles. The quantitative estimate of drug-likeness (QED) is 0.115. The smallest absolute Gasteiger partial charge is 0.101 e. The number of benzene rings is 7. The first-order chi connectivity index (χ1) is 24.6. The van der Waals surface area contributed by atoms with Crippen molar-refractivity contribution in [2.45, 2.75) is 19.3 Å². The van der Waals surface area contributed by atoms with Crippen molar-refractivity contribution in [2.75, 3.05) is 0 Å². The Bertz CT molecular complexity index is 3140. The third-order valence-electron chi connectivity index (χ3n) is 11.3. The largest absolute Gasteiger partial charge is 0.323 e. The van der Waals surface area contributed by atoms with Gasteiger partial charge in [0.25, 0.3) is 0 Å². The Kier molecular flexibility index (Phi) is 5.48. The van der Waals surface area contributed by atoms with Crippen LogP contribution >= 0.6 is 11.3 Å². The summed E-state index contributed by atoms with van der Waals surface area (Å²) < 4.78 is 4.92. The molecule has 1 aliphatic carbocycles. The molecule has 0 bridgehead atoms. The molecule has 0 fully saturated rings. The molecule has 50 heavy (non-hydrogen) atoms. The molecule has 236 valence electrons. The summed E-state index contributed by atoms with van der Waals surface area (Å²) in [6.45, 7) is 4.76. The number of rotatable bonds is 3. The number of thiophene rings is 1. The summed E-state index contributed by atoms with van der Waals surface area (Å²) in [4.78, 5) is 0. The minimum Gasteiger partial charge on any atom is -0.323 e. The Hall–Kier alpha value is -5.97. The number of aromatic nitrogens is 1. The van der Waals surface area contributed by atoms with Crippen LogP contribution in [0.5, 0.6) is 0 Å². The molecule has 4 heteroatoms. The van der Waals surface area contributed by atoms with E-state index in [9.17, 15) is 0 Å². The molecule has 0 radical (unpaired) electrons. The molecule has 0 saturated heterocycles. The van der Waals surface area contributed by atoms with Crippen LogP contribution in [0.15, 0.2) is 145 Å². The maximum Gasteiger partial charge on any atom is 0.101 e. The highest BCUT2D eigenvalue weighted by molar-refractivity contribution is 7.26. The number of nitrogens with zero attached hydrogens (tertiary/aromatic N) is 2.